The lowest BCUT2D eigenvalue weighted by Gasteiger charge is -2.28. The van der Waals surface area contributed by atoms with E-state index in [4.69, 9.17) is 9.73 Å². The second-order valence-electron chi connectivity index (χ2n) is 8.61. The lowest BCUT2D eigenvalue weighted by molar-refractivity contribution is 0.0577. The summed E-state index contributed by atoms with van der Waals surface area (Å²) in [6, 6.07) is 6.43. The van der Waals surface area contributed by atoms with Gasteiger partial charge in [-0.05, 0) is 57.7 Å². The standard InChI is InChI=1S/C21H34N4O2.HI/c1-15-13-16(14-22-19(23(5)6)24(7)8)9-12-18(15)25(17-10-11-17)20(26)27-21(2,3)4;/h9,12-13,17H,10-11,14H2,1-8H3;1H. The van der Waals surface area contributed by atoms with Gasteiger partial charge >= 0.3 is 6.09 Å². The molecule has 1 fully saturated rings. The summed E-state index contributed by atoms with van der Waals surface area (Å²) < 4.78 is 5.63. The quantitative estimate of drug-likeness (QED) is 0.346. The fourth-order valence-electron chi connectivity index (χ4n) is 3.02. The van der Waals surface area contributed by atoms with Crippen LogP contribution in [0.15, 0.2) is 23.2 Å². The first-order valence-electron chi connectivity index (χ1n) is 9.50. The van der Waals surface area contributed by atoms with Crippen molar-refractivity contribution >= 4 is 41.7 Å². The number of amides is 1. The summed E-state index contributed by atoms with van der Waals surface area (Å²) in [6.07, 6.45) is 1.79. The minimum absolute atomic E-state index is 0. The first kappa shape index (κ1) is 24.5. The second-order valence-corrected chi connectivity index (χ2v) is 8.61. The lowest BCUT2D eigenvalue weighted by Crippen LogP contribution is -2.38. The van der Waals surface area contributed by atoms with E-state index in [1.165, 1.54) is 0 Å². The van der Waals surface area contributed by atoms with Crippen molar-refractivity contribution in [3.8, 4) is 0 Å². The van der Waals surface area contributed by atoms with Gasteiger partial charge in [-0.25, -0.2) is 9.79 Å². The first-order valence-corrected chi connectivity index (χ1v) is 9.50. The molecule has 0 aromatic heterocycles. The molecule has 1 amide bonds. The van der Waals surface area contributed by atoms with Crippen LogP contribution in [-0.2, 0) is 11.3 Å². The number of aliphatic imine (C=N–C) groups is 1. The average molecular weight is 502 g/mol. The molecule has 28 heavy (non-hydrogen) atoms. The van der Waals surface area contributed by atoms with Crippen molar-refractivity contribution in [2.24, 2.45) is 4.99 Å². The molecule has 1 aromatic rings. The van der Waals surface area contributed by atoms with Gasteiger partial charge in [0.2, 0.25) is 0 Å². The Bertz CT molecular complexity index is 697. The molecule has 0 radical (unpaired) electrons. The van der Waals surface area contributed by atoms with Crippen molar-refractivity contribution in [1.82, 2.24) is 9.80 Å². The van der Waals surface area contributed by atoms with Crippen LogP contribution in [0.2, 0.25) is 0 Å². The number of aryl methyl sites for hydroxylation is 1. The largest absolute Gasteiger partial charge is 0.443 e. The predicted molar refractivity (Wildman–Crippen MR) is 127 cm³/mol. The number of rotatable bonds is 4. The van der Waals surface area contributed by atoms with E-state index in [1.807, 2.05) is 76.7 Å². The Morgan fingerprint density at radius 3 is 2.14 bits per heavy atom. The number of guanidine groups is 1. The number of carbonyl (C=O) groups excluding carboxylic acids is 1. The van der Waals surface area contributed by atoms with E-state index < -0.39 is 5.60 Å². The molecular weight excluding hydrogens is 467 g/mol. The van der Waals surface area contributed by atoms with Gasteiger partial charge in [0.25, 0.3) is 0 Å². The lowest BCUT2D eigenvalue weighted by atomic mass is 10.1. The Balaban J connectivity index is 0.00000392. The molecule has 0 N–H and O–H groups in total. The van der Waals surface area contributed by atoms with Gasteiger partial charge in [0.15, 0.2) is 5.96 Å². The fourth-order valence-corrected chi connectivity index (χ4v) is 3.02. The molecule has 0 spiro atoms. The Morgan fingerprint density at radius 2 is 1.71 bits per heavy atom. The van der Waals surface area contributed by atoms with E-state index in [0.29, 0.717) is 6.54 Å². The maximum atomic E-state index is 12.7. The van der Waals surface area contributed by atoms with Crippen LogP contribution in [0.25, 0.3) is 0 Å². The number of carbonyl (C=O) groups is 1. The van der Waals surface area contributed by atoms with Crippen LogP contribution in [0.1, 0.15) is 44.7 Å². The van der Waals surface area contributed by atoms with Crippen LogP contribution < -0.4 is 4.90 Å². The molecule has 0 bridgehead atoms. The number of hydrogen-bond acceptors (Lipinski definition) is 3. The third-order valence-corrected chi connectivity index (χ3v) is 4.23. The number of benzene rings is 1. The third kappa shape index (κ3) is 6.83. The van der Waals surface area contributed by atoms with Crippen molar-refractivity contribution in [3.63, 3.8) is 0 Å². The number of halogens is 1. The van der Waals surface area contributed by atoms with Crippen molar-refractivity contribution in [2.45, 2.75) is 58.7 Å². The van der Waals surface area contributed by atoms with Crippen LogP contribution in [-0.4, -0.2) is 61.7 Å². The highest BCUT2D eigenvalue weighted by molar-refractivity contribution is 14.0. The molecule has 1 saturated carbocycles. The maximum absolute atomic E-state index is 12.7. The second kappa shape index (κ2) is 9.80. The fraction of sp³-hybridized carbons (Fsp3) is 0.619. The van der Waals surface area contributed by atoms with Gasteiger partial charge in [-0.1, -0.05) is 12.1 Å². The maximum Gasteiger partial charge on any atom is 0.415 e. The van der Waals surface area contributed by atoms with Gasteiger partial charge in [-0.2, -0.15) is 0 Å². The van der Waals surface area contributed by atoms with E-state index in [1.54, 1.807) is 0 Å². The summed E-state index contributed by atoms with van der Waals surface area (Å²) in [6.45, 7) is 8.34. The number of anilines is 1. The van der Waals surface area contributed by atoms with E-state index in [2.05, 4.69) is 12.1 Å². The van der Waals surface area contributed by atoms with Crippen LogP contribution in [0, 0.1) is 6.92 Å². The zero-order valence-electron chi connectivity index (χ0n) is 18.4. The third-order valence-electron chi connectivity index (χ3n) is 4.23. The summed E-state index contributed by atoms with van der Waals surface area (Å²) in [5.41, 5.74) is 2.62. The molecule has 158 valence electrons. The van der Waals surface area contributed by atoms with Gasteiger partial charge in [0.1, 0.15) is 5.60 Å². The van der Waals surface area contributed by atoms with Crippen molar-refractivity contribution in [3.05, 3.63) is 29.3 Å². The topological polar surface area (TPSA) is 48.4 Å². The number of hydrogen-bond donors (Lipinski definition) is 0. The molecule has 1 aliphatic rings. The van der Waals surface area contributed by atoms with Crippen molar-refractivity contribution < 1.29 is 9.53 Å². The highest BCUT2D eigenvalue weighted by Gasteiger charge is 2.37. The Labute approximate surface area is 186 Å². The highest BCUT2D eigenvalue weighted by Crippen LogP contribution is 2.35. The Hall–Kier alpha value is -1.51. The SMILES string of the molecule is Cc1cc(CN=C(N(C)C)N(C)C)ccc1N(C(=O)OC(C)(C)C)C1CC1.I. The first-order chi connectivity index (χ1) is 12.5. The Morgan fingerprint density at radius 1 is 1.14 bits per heavy atom. The highest BCUT2D eigenvalue weighted by atomic mass is 127. The van der Waals surface area contributed by atoms with Crippen LogP contribution in [0.4, 0.5) is 10.5 Å². The molecular formula is C21H35IN4O2. The zero-order valence-corrected chi connectivity index (χ0v) is 20.8. The average Bonchev–Trinajstić information content (AvgIpc) is 3.32. The molecule has 0 atom stereocenters. The van der Waals surface area contributed by atoms with Crippen molar-refractivity contribution in [1.29, 1.82) is 0 Å². The van der Waals surface area contributed by atoms with Crippen LogP contribution >= 0.6 is 24.0 Å². The molecule has 0 saturated heterocycles. The molecule has 6 nitrogen and oxygen atoms in total. The molecule has 1 aliphatic carbocycles. The molecule has 0 aliphatic heterocycles. The summed E-state index contributed by atoms with van der Waals surface area (Å²) in [7, 11) is 7.95. The molecule has 0 unspecified atom stereocenters. The minimum atomic E-state index is -0.498. The summed E-state index contributed by atoms with van der Waals surface area (Å²) in [5.74, 6) is 0.921. The minimum Gasteiger partial charge on any atom is -0.443 e. The predicted octanol–water partition coefficient (Wildman–Crippen LogP) is 4.50. The monoisotopic (exact) mass is 502 g/mol. The van der Waals surface area contributed by atoms with Gasteiger partial charge in [0, 0.05) is 34.2 Å². The smallest absolute Gasteiger partial charge is 0.415 e. The number of ether oxygens (including phenoxy) is 1. The molecule has 2 rings (SSSR count). The molecule has 7 heteroatoms. The summed E-state index contributed by atoms with van der Waals surface area (Å²) in [5, 5.41) is 0. The van der Waals surface area contributed by atoms with E-state index in [0.717, 1.165) is 35.6 Å². The summed E-state index contributed by atoms with van der Waals surface area (Å²) in [4.78, 5) is 23.2. The van der Waals surface area contributed by atoms with E-state index in [9.17, 15) is 4.79 Å². The normalized spacial score (nSPS) is 13.3. The Kier molecular flexibility index (Phi) is 8.59. The summed E-state index contributed by atoms with van der Waals surface area (Å²) >= 11 is 0. The molecule has 0 heterocycles. The van der Waals surface area contributed by atoms with E-state index in [-0.39, 0.29) is 36.1 Å². The van der Waals surface area contributed by atoms with Gasteiger partial charge < -0.3 is 14.5 Å². The zero-order chi connectivity index (χ0) is 20.4. The van der Waals surface area contributed by atoms with Crippen LogP contribution in [0.3, 0.4) is 0 Å². The molecule has 1 aromatic carbocycles. The van der Waals surface area contributed by atoms with Crippen molar-refractivity contribution in [2.75, 3.05) is 33.1 Å². The number of nitrogens with zero attached hydrogens (tertiary/aromatic N) is 4. The van der Waals surface area contributed by atoms with Crippen LogP contribution in [0.5, 0.6) is 0 Å². The van der Waals surface area contributed by atoms with Gasteiger partial charge in [-0.15, -0.1) is 24.0 Å². The van der Waals surface area contributed by atoms with Gasteiger partial charge in [-0.3, -0.25) is 4.90 Å². The van der Waals surface area contributed by atoms with E-state index >= 15 is 0 Å². The van der Waals surface area contributed by atoms with Gasteiger partial charge in [0.05, 0.1) is 12.2 Å².